The van der Waals surface area contributed by atoms with Crippen molar-refractivity contribution in [3.63, 3.8) is 0 Å². The van der Waals surface area contributed by atoms with Crippen molar-refractivity contribution in [2.45, 2.75) is 24.0 Å². The second-order valence-corrected chi connectivity index (χ2v) is 9.42. The Hall–Kier alpha value is -2.97. The van der Waals surface area contributed by atoms with Crippen LogP contribution in [0.3, 0.4) is 0 Å². The molecule has 2 N–H and O–H groups in total. The number of likely N-dealkylation sites (N-methyl/N-ethyl adjacent to an activating group) is 2. The zero-order valence-corrected chi connectivity index (χ0v) is 19.3. The van der Waals surface area contributed by atoms with E-state index in [1.54, 1.807) is 5.01 Å². The van der Waals surface area contributed by atoms with Gasteiger partial charge >= 0.3 is 0 Å². The number of hydrogen-bond donors (Lipinski definition) is 1. The van der Waals surface area contributed by atoms with Crippen LogP contribution in [-0.4, -0.2) is 65.8 Å². The Labute approximate surface area is 193 Å². The molecule has 7 nitrogen and oxygen atoms in total. The number of nitrogens with zero attached hydrogens (tertiary/aromatic N) is 5. The fourth-order valence-electron chi connectivity index (χ4n) is 4.06. The van der Waals surface area contributed by atoms with Gasteiger partial charge in [0.2, 0.25) is 12.1 Å². The molecule has 0 bridgehead atoms. The maximum Gasteiger partial charge on any atom is 0.240 e. The highest BCUT2D eigenvalue weighted by molar-refractivity contribution is 7.97. The van der Waals surface area contributed by atoms with Crippen LogP contribution in [0.2, 0.25) is 0 Å². The first-order chi connectivity index (χ1) is 15.6. The van der Waals surface area contributed by atoms with Crippen LogP contribution in [0.25, 0.3) is 0 Å². The van der Waals surface area contributed by atoms with Gasteiger partial charge in [-0.15, -0.1) is 5.10 Å². The summed E-state index contributed by atoms with van der Waals surface area (Å²) < 4.78 is 8.62. The second kappa shape index (κ2) is 8.88. The summed E-state index contributed by atoms with van der Waals surface area (Å²) in [5.41, 5.74) is 10.1. The van der Waals surface area contributed by atoms with Crippen LogP contribution in [0.4, 0.5) is 0 Å². The average molecular weight is 449 g/mol. The van der Waals surface area contributed by atoms with Crippen LogP contribution in [0.5, 0.6) is 0 Å². The molecular formula is C24H28N6OS. The normalized spacial score (nSPS) is 21.6. The molecule has 0 aromatic heterocycles. The van der Waals surface area contributed by atoms with E-state index in [1.807, 2.05) is 61.3 Å². The van der Waals surface area contributed by atoms with Crippen LogP contribution in [0.1, 0.15) is 24.0 Å². The molecule has 1 atom stereocenters. The van der Waals surface area contributed by atoms with E-state index in [0.717, 1.165) is 16.8 Å². The van der Waals surface area contributed by atoms with Gasteiger partial charge in [-0.2, -0.15) is 0 Å². The van der Waals surface area contributed by atoms with Gasteiger partial charge in [-0.05, 0) is 54.6 Å². The Balaban J connectivity index is 1.36. The van der Waals surface area contributed by atoms with E-state index in [2.05, 4.69) is 33.7 Å². The predicted molar refractivity (Wildman–Crippen MR) is 129 cm³/mol. The van der Waals surface area contributed by atoms with Gasteiger partial charge in [0.15, 0.2) is 0 Å². The summed E-state index contributed by atoms with van der Waals surface area (Å²) in [6.45, 7) is 2.98. The third-order valence-electron chi connectivity index (χ3n) is 5.87. The number of ether oxygens (including phenoxy) is 1. The minimum atomic E-state index is -0.465. The predicted octanol–water partition coefficient (Wildman–Crippen LogP) is 3.30. The van der Waals surface area contributed by atoms with Gasteiger partial charge in [-0.3, -0.25) is 5.01 Å². The Kier molecular flexibility index (Phi) is 5.80. The number of benzene rings is 2. The highest BCUT2D eigenvalue weighted by Crippen LogP contribution is 2.29. The number of nitrogens with two attached hydrogens (primary N) is 1. The van der Waals surface area contributed by atoms with E-state index < -0.39 is 6.23 Å². The number of rotatable bonds is 5. The van der Waals surface area contributed by atoms with Crippen LogP contribution in [0, 0.1) is 0 Å². The number of hydrazone groups is 1. The molecule has 0 radical (unpaired) electrons. The molecule has 0 saturated carbocycles. The summed E-state index contributed by atoms with van der Waals surface area (Å²) in [5, 5.41) is 6.35. The second-order valence-electron chi connectivity index (χ2n) is 8.25. The summed E-state index contributed by atoms with van der Waals surface area (Å²) in [6, 6.07) is 18.5. The molecule has 0 spiro atoms. The van der Waals surface area contributed by atoms with Gasteiger partial charge in [-0.25, -0.2) is 9.30 Å². The summed E-state index contributed by atoms with van der Waals surface area (Å²) >= 11 is 1.84. The van der Waals surface area contributed by atoms with Crippen molar-refractivity contribution in [1.82, 2.24) is 14.2 Å². The molecule has 2 aromatic rings. The zero-order valence-electron chi connectivity index (χ0n) is 18.4. The molecule has 32 heavy (non-hydrogen) atoms. The van der Waals surface area contributed by atoms with Gasteiger partial charge in [0.25, 0.3) is 0 Å². The van der Waals surface area contributed by atoms with Gasteiger partial charge in [0.05, 0.1) is 12.3 Å². The first-order valence-electron chi connectivity index (χ1n) is 10.9. The van der Waals surface area contributed by atoms with Crippen LogP contribution in [0.15, 0.2) is 81.1 Å². The van der Waals surface area contributed by atoms with Gasteiger partial charge < -0.3 is 15.4 Å². The van der Waals surface area contributed by atoms with Crippen molar-refractivity contribution in [2.24, 2.45) is 15.8 Å². The molecule has 3 heterocycles. The first kappa shape index (κ1) is 20.9. The van der Waals surface area contributed by atoms with E-state index in [9.17, 15) is 0 Å². The zero-order chi connectivity index (χ0) is 22.1. The molecule has 0 amide bonds. The quantitative estimate of drug-likeness (QED) is 0.708. The molecule has 8 heteroatoms. The Morgan fingerprint density at radius 2 is 1.69 bits per heavy atom. The summed E-state index contributed by atoms with van der Waals surface area (Å²) in [6.07, 6.45) is 2.11. The van der Waals surface area contributed by atoms with Crippen molar-refractivity contribution in [3.8, 4) is 0 Å². The topological polar surface area (TPSA) is 69.7 Å². The lowest BCUT2D eigenvalue weighted by molar-refractivity contribution is 0.106. The Morgan fingerprint density at radius 1 is 0.969 bits per heavy atom. The SMILES string of the molecule is CN1CC(c2ccc(SN3CCCC3)cc2)=NC(C2OC(c3ccccc3)=NN2C)=C1N. The van der Waals surface area contributed by atoms with E-state index in [1.165, 1.54) is 30.8 Å². The molecular weight excluding hydrogens is 420 g/mol. The molecule has 1 fully saturated rings. The number of hydrogen-bond acceptors (Lipinski definition) is 8. The average Bonchev–Trinajstić information content (AvgIpc) is 3.46. The van der Waals surface area contributed by atoms with Gasteiger partial charge in [-0.1, -0.05) is 30.3 Å². The van der Waals surface area contributed by atoms with Crippen LogP contribution >= 0.6 is 11.9 Å². The van der Waals surface area contributed by atoms with Crippen molar-refractivity contribution >= 4 is 23.6 Å². The molecule has 166 valence electrons. The van der Waals surface area contributed by atoms with Gasteiger partial charge in [0, 0.05) is 37.6 Å². The van der Waals surface area contributed by atoms with Crippen LogP contribution in [-0.2, 0) is 4.74 Å². The molecule has 2 aromatic carbocycles. The van der Waals surface area contributed by atoms with E-state index >= 15 is 0 Å². The standard InChI is InChI=1S/C24H28N6OS/c1-28-16-20(17-10-12-19(13-11-17)32-30-14-6-7-15-30)26-21(22(28)25)24-29(2)27-23(31-24)18-8-4-3-5-9-18/h3-5,8-13,24H,6-7,14-16,25H2,1-2H3. The van der Waals surface area contributed by atoms with E-state index in [4.69, 9.17) is 15.5 Å². The molecule has 5 rings (SSSR count). The Morgan fingerprint density at radius 3 is 2.41 bits per heavy atom. The van der Waals surface area contributed by atoms with Crippen molar-refractivity contribution < 1.29 is 4.74 Å². The monoisotopic (exact) mass is 448 g/mol. The lowest BCUT2D eigenvalue weighted by Crippen LogP contribution is -2.39. The van der Waals surface area contributed by atoms with E-state index in [0.29, 0.717) is 24.0 Å². The highest BCUT2D eigenvalue weighted by atomic mass is 32.2. The maximum absolute atomic E-state index is 6.44. The fourth-order valence-corrected chi connectivity index (χ4v) is 5.05. The van der Waals surface area contributed by atoms with E-state index in [-0.39, 0.29) is 0 Å². The van der Waals surface area contributed by atoms with Crippen molar-refractivity contribution in [3.05, 3.63) is 77.2 Å². The van der Waals surface area contributed by atoms with Crippen molar-refractivity contribution in [2.75, 3.05) is 33.7 Å². The molecule has 0 aliphatic carbocycles. The smallest absolute Gasteiger partial charge is 0.240 e. The molecule has 3 aliphatic heterocycles. The minimum Gasteiger partial charge on any atom is -0.444 e. The third kappa shape index (κ3) is 4.20. The van der Waals surface area contributed by atoms with Crippen molar-refractivity contribution in [1.29, 1.82) is 0 Å². The van der Waals surface area contributed by atoms with Crippen LogP contribution < -0.4 is 5.73 Å². The number of aliphatic imine (C=N–C) groups is 1. The summed E-state index contributed by atoms with van der Waals surface area (Å²) in [5.74, 6) is 1.18. The Bertz CT molecular complexity index is 1060. The lowest BCUT2D eigenvalue weighted by Gasteiger charge is -2.30. The third-order valence-corrected chi connectivity index (χ3v) is 6.98. The molecule has 1 unspecified atom stereocenters. The largest absolute Gasteiger partial charge is 0.444 e. The molecule has 3 aliphatic rings. The fraction of sp³-hybridized carbons (Fsp3) is 0.333. The first-order valence-corrected chi connectivity index (χ1v) is 11.7. The van der Waals surface area contributed by atoms with Gasteiger partial charge in [0.1, 0.15) is 11.5 Å². The maximum atomic E-state index is 6.44. The lowest BCUT2D eigenvalue weighted by atomic mass is 10.1. The molecule has 1 saturated heterocycles. The minimum absolute atomic E-state index is 0.465. The highest BCUT2D eigenvalue weighted by Gasteiger charge is 2.34. The summed E-state index contributed by atoms with van der Waals surface area (Å²) in [4.78, 5) is 8.23. The summed E-state index contributed by atoms with van der Waals surface area (Å²) in [7, 11) is 3.87.